The molecule has 158 valence electrons. The number of benzene rings is 2. The molecule has 1 amide bonds. The van der Waals surface area contributed by atoms with Crippen LogP contribution in [0.2, 0.25) is 0 Å². The molecule has 0 spiro atoms. The second kappa shape index (κ2) is 11.6. The van der Waals surface area contributed by atoms with E-state index in [9.17, 15) is 14.3 Å². The summed E-state index contributed by atoms with van der Waals surface area (Å²) >= 11 is 0. The van der Waals surface area contributed by atoms with Crippen LogP contribution < -0.4 is 16.0 Å². The van der Waals surface area contributed by atoms with E-state index in [2.05, 4.69) is 20.9 Å². The van der Waals surface area contributed by atoms with Crippen LogP contribution in [0.5, 0.6) is 5.75 Å². The number of rotatable bonds is 7. The van der Waals surface area contributed by atoms with Gasteiger partial charge in [-0.25, -0.2) is 9.38 Å². The highest BCUT2D eigenvalue weighted by atomic mass is 127. The summed E-state index contributed by atoms with van der Waals surface area (Å²) in [5.41, 5.74) is 1.14. The number of amides is 1. The fraction of sp³-hybridized carbons (Fsp3) is 0.333. The molecule has 8 heteroatoms. The maximum absolute atomic E-state index is 13.5. The van der Waals surface area contributed by atoms with Crippen LogP contribution in [-0.4, -0.2) is 36.6 Å². The van der Waals surface area contributed by atoms with Gasteiger partial charge in [-0.15, -0.1) is 24.0 Å². The molecule has 2 aromatic rings. The van der Waals surface area contributed by atoms with Gasteiger partial charge in [0.2, 0.25) is 5.91 Å². The molecule has 0 heterocycles. The number of halogens is 2. The third-order valence-corrected chi connectivity index (χ3v) is 4.18. The lowest BCUT2D eigenvalue weighted by Crippen LogP contribution is -2.43. The van der Waals surface area contributed by atoms with Crippen molar-refractivity contribution in [2.45, 2.75) is 26.2 Å². The van der Waals surface area contributed by atoms with Gasteiger partial charge in [0, 0.05) is 24.2 Å². The van der Waals surface area contributed by atoms with Crippen molar-refractivity contribution in [3.05, 3.63) is 59.9 Å². The number of phenols is 1. The van der Waals surface area contributed by atoms with Crippen LogP contribution >= 0.6 is 24.0 Å². The summed E-state index contributed by atoms with van der Waals surface area (Å²) in [5.74, 6) is 0.104. The second-order valence-electron chi connectivity index (χ2n) is 7.04. The van der Waals surface area contributed by atoms with Gasteiger partial charge in [0.15, 0.2) is 5.96 Å². The van der Waals surface area contributed by atoms with Gasteiger partial charge in [-0.3, -0.25) is 4.79 Å². The smallest absolute Gasteiger partial charge is 0.246 e. The molecule has 0 bridgehead atoms. The molecule has 0 atom stereocenters. The zero-order chi connectivity index (χ0) is 20.6. The molecule has 2 aromatic carbocycles. The minimum absolute atomic E-state index is 0. The predicted octanol–water partition coefficient (Wildman–Crippen LogP) is 3.62. The Morgan fingerprint density at radius 1 is 1.14 bits per heavy atom. The number of nitrogens with one attached hydrogen (secondary N) is 3. The summed E-state index contributed by atoms with van der Waals surface area (Å²) in [5, 5.41) is 18.3. The van der Waals surface area contributed by atoms with E-state index in [1.807, 2.05) is 26.8 Å². The van der Waals surface area contributed by atoms with Crippen molar-refractivity contribution < 1.29 is 14.3 Å². The lowest BCUT2D eigenvalue weighted by molar-refractivity contribution is -0.114. The van der Waals surface area contributed by atoms with Gasteiger partial charge in [-0.2, -0.15) is 0 Å². The summed E-state index contributed by atoms with van der Waals surface area (Å²) in [6.45, 7) is 7.06. The van der Waals surface area contributed by atoms with Gasteiger partial charge in [0.25, 0.3) is 0 Å². The first-order valence-corrected chi connectivity index (χ1v) is 9.17. The zero-order valence-corrected chi connectivity index (χ0v) is 19.2. The largest absolute Gasteiger partial charge is 0.508 e. The third kappa shape index (κ3) is 8.26. The molecule has 0 saturated carbocycles. The van der Waals surface area contributed by atoms with Crippen molar-refractivity contribution in [1.29, 1.82) is 0 Å². The molecule has 4 N–H and O–H groups in total. The Morgan fingerprint density at radius 3 is 2.45 bits per heavy atom. The van der Waals surface area contributed by atoms with E-state index in [0.29, 0.717) is 24.7 Å². The maximum atomic E-state index is 13.5. The molecular formula is C21H28FIN4O2. The highest BCUT2D eigenvalue weighted by Crippen LogP contribution is 2.22. The molecule has 0 aromatic heterocycles. The SMILES string of the molecule is CCNC(=NCC(=O)Nc1ccc(O)cc1)NCC(C)(C)c1cccc(F)c1.I. The zero-order valence-electron chi connectivity index (χ0n) is 16.8. The van der Waals surface area contributed by atoms with E-state index in [4.69, 9.17) is 0 Å². The summed E-state index contributed by atoms with van der Waals surface area (Å²) < 4.78 is 13.5. The van der Waals surface area contributed by atoms with E-state index in [-0.39, 0.29) is 53.4 Å². The van der Waals surface area contributed by atoms with Crippen LogP contribution in [0, 0.1) is 5.82 Å². The van der Waals surface area contributed by atoms with Gasteiger partial charge < -0.3 is 21.1 Å². The molecule has 6 nitrogen and oxygen atoms in total. The Kier molecular flexibility index (Phi) is 9.87. The maximum Gasteiger partial charge on any atom is 0.246 e. The van der Waals surface area contributed by atoms with Crippen LogP contribution in [0.3, 0.4) is 0 Å². The number of carbonyl (C=O) groups excluding carboxylic acids is 1. The van der Waals surface area contributed by atoms with Crippen LogP contribution in [0.15, 0.2) is 53.5 Å². The molecule has 0 aliphatic heterocycles. The van der Waals surface area contributed by atoms with Gasteiger partial charge in [0.05, 0.1) is 0 Å². The van der Waals surface area contributed by atoms with Crippen LogP contribution in [0.25, 0.3) is 0 Å². The predicted molar refractivity (Wildman–Crippen MR) is 126 cm³/mol. The second-order valence-corrected chi connectivity index (χ2v) is 7.04. The topological polar surface area (TPSA) is 85.8 Å². The fourth-order valence-corrected chi connectivity index (χ4v) is 2.55. The molecule has 29 heavy (non-hydrogen) atoms. The van der Waals surface area contributed by atoms with E-state index < -0.39 is 0 Å². The Bertz CT molecular complexity index is 826. The first-order valence-electron chi connectivity index (χ1n) is 9.17. The van der Waals surface area contributed by atoms with Gasteiger partial charge in [0.1, 0.15) is 18.1 Å². The van der Waals surface area contributed by atoms with Crippen molar-refractivity contribution in [1.82, 2.24) is 10.6 Å². The molecule has 0 unspecified atom stereocenters. The molecular weight excluding hydrogens is 486 g/mol. The van der Waals surface area contributed by atoms with Crippen molar-refractivity contribution in [2.24, 2.45) is 4.99 Å². The number of aliphatic imine (C=N–C) groups is 1. The molecule has 0 aliphatic rings. The average molecular weight is 514 g/mol. The summed E-state index contributed by atoms with van der Waals surface area (Å²) in [6.07, 6.45) is 0. The van der Waals surface area contributed by atoms with Crippen molar-refractivity contribution in [2.75, 3.05) is 25.0 Å². The number of hydrogen-bond acceptors (Lipinski definition) is 3. The molecule has 2 rings (SSSR count). The number of hydrogen-bond donors (Lipinski definition) is 4. The Hall–Kier alpha value is -2.36. The standard InChI is InChI=1S/C21H27FN4O2.HI/c1-4-23-20(24-13-19(28)26-17-8-10-18(27)11-9-17)25-14-21(2,3)15-6-5-7-16(22)12-15;/h5-12,27H,4,13-14H2,1-3H3,(H,26,28)(H2,23,24,25);1H. The first kappa shape index (κ1) is 24.7. The number of nitrogens with zero attached hydrogens (tertiary/aromatic N) is 1. The number of aromatic hydroxyl groups is 1. The van der Waals surface area contributed by atoms with E-state index in [1.165, 1.54) is 24.3 Å². The fourth-order valence-electron chi connectivity index (χ4n) is 2.55. The van der Waals surface area contributed by atoms with Crippen molar-refractivity contribution in [3.63, 3.8) is 0 Å². The summed E-state index contributed by atoms with van der Waals surface area (Å²) in [6, 6.07) is 12.8. The summed E-state index contributed by atoms with van der Waals surface area (Å²) in [4.78, 5) is 16.4. The Morgan fingerprint density at radius 2 is 1.83 bits per heavy atom. The summed E-state index contributed by atoms with van der Waals surface area (Å²) in [7, 11) is 0. The van der Waals surface area contributed by atoms with Crippen LogP contribution in [0.4, 0.5) is 10.1 Å². The van der Waals surface area contributed by atoms with Crippen molar-refractivity contribution in [3.8, 4) is 5.75 Å². The third-order valence-electron chi connectivity index (χ3n) is 4.18. The Balaban J connectivity index is 0.00000420. The van der Waals surface area contributed by atoms with Crippen LogP contribution in [0.1, 0.15) is 26.3 Å². The molecule has 0 fully saturated rings. The van der Waals surface area contributed by atoms with E-state index in [0.717, 1.165) is 5.56 Å². The molecule has 0 aliphatic carbocycles. The highest BCUT2D eigenvalue weighted by Gasteiger charge is 2.21. The minimum atomic E-state index is -0.327. The monoisotopic (exact) mass is 514 g/mol. The van der Waals surface area contributed by atoms with E-state index in [1.54, 1.807) is 18.2 Å². The van der Waals surface area contributed by atoms with Gasteiger partial charge in [-0.1, -0.05) is 26.0 Å². The number of phenolic OH excluding ortho intramolecular Hbond substituents is 1. The van der Waals surface area contributed by atoms with Crippen LogP contribution in [-0.2, 0) is 10.2 Å². The van der Waals surface area contributed by atoms with Crippen molar-refractivity contribution >= 4 is 41.5 Å². The first-order chi connectivity index (χ1) is 13.3. The molecule has 0 radical (unpaired) electrons. The van der Waals surface area contributed by atoms with E-state index >= 15 is 0 Å². The molecule has 0 saturated heterocycles. The highest BCUT2D eigenvalue weighted by molar-refractivity contribution is 14.0. The normalized spacial score (nSPS) is 11.4. The number of carbonyl (C=O) groups is 1. The minimum Gasteiger partial charge on any atom is -0.508 e. The number of anilines is 1. The van der Waals surface area contributed by atoms with Gasteiger partial charge >= 0.3 is 0 Å². The van der Waals surface area contributed by atoms with Gasteiger partial charge in [-0.05, 0) is 48.9 Å². The lowest BCUT2D eigenvalue weighted by atomic mass is 9.84. The quantitative estimate of drug-likeness (QED) is 0.197. The average Bonchev–Trinajstić information content (AvgIpc) is 2.66. The lowest BCUT2D eigenvalue weighted by Gasteiger charge is -2.26. The number of guanidine groups is 1. The Labute approximate surface area is 188 Å².